The molecule has 3 heteroatoms. The highest BCUT2D eigenvalue weighted by Gasteiger charge is 2.17. The Bertz CT molecular complexity index is 1650. The highest BCUT2D eigenvalue weighted by molar-refractivity contribution is 6.31. The molecule has 4 aromatic rings. The zero-order chi connectivity index (χ0) is 30.8. The van der Waals surface area contributed by atoms with Crippen molar-refractivity contribution < 1.29 is 0 Å². The van der Waals surface area contributed by atoms with Gasteiger partial charge in [-0.2, -0.15) is 10.5 Å². The van der Waals surface area contributed by atoms with Gasteiger partial charge in [0.25, 0.3) is 0 Å². The van der Waals surface area contributed by atoms with Crippen LogP contribution in [0.2, 0.25) is 5.02 Å². The van der Waals surface area contributed by atoms with Crippen LogP contribution >= 0.6 is 11.6 Å². The summed E-state index contributed by atoms with van der Waals surface area (Å²) in [5.41, 5.74) is 14.4. The molecule has 0 N–H and O–H groups in total. The highest BCUT2D eigenvalue weighted by Crippen LogP contribution is 2.35. The highest BCUT2D eigenvalue weighted by atomic mass is 35.5. The summed E-state index contributed by atoms with van der Waals surface area (Å²) in [6.45, 7) is 10.4. The van der Waals surface area contributed by atoms with E-state index in [4.69, 9.17) is 22.1 Å². The quantitative estimate of drug-likeness (QED) is 0.184. The van der Waals surface area contributed by atoms with Gasteiger partial charge >= 0.3 is 0 Å². The monoisotopic (exact) mass is 584 g/mol. The van der Waals surface area contributed by atoms with Gasteiger partial charge in [0.1, 0.15) is 0 Å². The van der Waals surface area contributed by atoms with Gasteiger partial charge in [-0.05, 0) is 139 Å². The molecule has 0 radical (unpaired) electrons. The molecule has 0 aromatic heterocycles. The van der Waals surface area contributed by atoms with Crippen molar-refractivity contribution in [2.75, 3.05) is 0 Å². The number of aryl methyl sites for hydroxylation is 5. The van der Waals surface area contributed by atoms with Gasteiger partial charge in [0.05, 0.1) is 23.3 Å². The number of halogens is 1. The van der Waals surface area contributed by atoms with Crippen LogP contribution in [0, 0.1) is 36.5 Å². The second-order valence-electron chi connectivity index (χ2n) is 11.5. The van der Waals surface area contributed by atoms with Gasteiger partial charge in [-0.25, -0.2) is 0 Å². The van der Waals surface area contributed by atoms with Crippen LogP contribution in [0.25, 0.3) is 17.2 Å². The molecule has 0 spiro atoms. The summed E-state index contributed by atoms with van der Waals surface area (Å²) < 4.78 is 0. The summed E-state index contributed by atoms with van der Waals surface area (Å²) in [6, 6.07) is 27.2. The van der Waals surface area contributed by atoms with Crippen LogP contribution in [0.15, 0.2) is 73.3 Å². The SMILES string of the molecule is C=Cc1cc(Cl)c(C)cc1CCc1cc(C#N)cc(C#N)c1.CCCCCc1cccc(-c2cccc3c2CCC3)c1C. The fourth-order valence-corrected chi connectivity index (χ4v) is 6.26. The van der Waals surface area contributed by atoms with Gasteiger partial charge in [0, 0.05) is 5.02 Å². The minimum absolute atomic E-state index is 0.519. The fraction of sp³-hybridized carbons (Fsp3) is 0.300. The van der Waals surface area contributed by atoms with Crippen LogP contribution in [0.1, 0.15) is 88.2 Å². The van der Waals surface area contributed by atoms with E-state index in [1.54, 1.807) is 23.3 Å². The number of hydrogen-bond acceptors (Lipinski definition) is 2. The Morgan fingerprint density at radius 2 is 1.53 bits per heavy atom. The topological polar surface area (TPSA) is 47.6 Å². The standard InChI is InChI=1S/C21H26.C19H15ClN2/c1-3-4-5-9-17-10-6-13-19(16(17)2)21-15-8-12-18-11-7-14-20(18)21;1-3-17-10-19(20)13(2)6-18(17)5-4-14-7-15(11-21)9-16(8-14)12-22/h6,8,10,12-13,15H,3-5,7,9,11,14H2,1-2H3;3,6-10H,1,4-5H2,2H3. The normalized spacial score (nSPS) is 11.6. The molecular formula is C40H41ClN2. The average Bonchev–Trinajstić information content (AvgIpc) is 3.52. The van der Waals surface area contributed by atoms with E-state index in [1.807, 2.05) is 25.1 Å². The molecule has 0 saturated heterocycles. The van der Waals surface area contributed by atoms with E-state index in [1.165, 1.54) is 67.2 Å². The van der Waals surface area contributed by atoms with E-state index in [-0.39, 0.29) is 0 Å². The van der Waals surface area contributed by atoms with Crippen LogP contribution in [0.4, 0.5) is 0 Å². The van der Waals surface area contributed by atoms with Crippen LogP contribution in [-0.4, -0.2) is 0 Å². The number of rotatable bonds is 9. The first-order valence-corrected chi connectivity index (χ1v) is 15.8. The van der Waals surface area contributed by atoms with Crippen LogP contribution in [0.5, 0.6) is 0 Å². The van der Waals surface area contributed by atoms with Gasteiger partial charge < -0.3 is 0 Å². The summed E-state index contributed by atoms with van der Waals surface area (Å²) in [5, 5.41) is 18.8. The lowest BCUT2D eigenvalue weighted by molar-refractivity contribution is 0.715. The minimum Gasteiger partial charge on any atom is -0.192 e. The van der Waals surface area contributed by atoms with Crippen LogP contribution < -0.4 is 0 Å². The van der Waals surface area contributed by atoms with Gasteiger partial charge in [0.2, 0.25) is 0 Å². The van der Waals surface area contributed by atoms with Crippen molar-refractivity contribution in [3.05, 3.63) is 134 Å². The maximum atomic E-state index is 9.03. The number of benzene rings is 4. The molecule has 0 aliphatic heterocycles. The van der Waals surface area contributed by atoms with Crippen molar-refractivity contribution in [1.82, 2.24) is 0 Å². The second kappa shape index (κ2) is 15.4. The summed E-state index contributed by atoms with van der Waals surface area (Å²) in [7, 11) is 0. The Labute approximate surface area is 263 Å². The lowest BCUT2D eigenvalue weighted by Crippen LogP contribution is -1.97. The molecule has 43 heavy (non-hydrogen) atoms. The predicted molar refractivity (Wildman–Crippen MR) is 181 cm³/mol. The molecule has 0 amide bonds. The zero-order valence-corrected chi connectivity index (χ0v) is 26.5. The lowest BCUT2D eigenvalue weighted by atomic mass is 9.90. The summed E-state index contributed by atoms with van der Waals surface area (Å²) in [4.78, 5) is 0. The Balaban J connectivity index is 0.000000197. The molecule has 2 nitrogen and oxygen atoms in total. The summed E-state index contributed by atoms with van der Waals surface area (Å²) in [6.07, 6.45) is 12.4. The van der Waals surface area contributed by atoms with Crippen molar-refractivity contribution in [2.24, 2.45) is 0 Å². The lowest BCUT2D eigenvalue weighted by Gasteiger charge is -2.15. The average molecular weight is 585 g/mol. The van der Waals surface area contributed by atoms with Crippen molar-refractivity contribution >= 4 is 17.7 Å². The first-order valence-electron chi connectivity index (χ1n) is 15.4. The number of hydrogen-bond donors (Lipinski definition) is 0. The Kier molecular flexibility index (Phi) is 11.4. The maximum Gasteiger partial charge on any atom is 0.0992 e. The first-order chi connectivity index (χ1) is 20.9. The Hall–Kier alpha value is -4.11. The molecule has 0 saturated carbocycles. The smallest absolute Gasteiger partial charge is 0.0992 e. The predicted octanol–water partition coefficient (Wildman–Crippen LogP) is 10.7. The van der Waals surface area contributed by atoms with Crippen LogP contribution in [-0.2, 0) is 32.1 Å². The van der Waals surface area contributed by atoms with E-state index in [0.29, 0.717) is 11.1 Å². The van der Waals surface area contributed by atoms with Gasteiger partial charge in [-0.3, -0.25) is 0 Å². The number of fused-ring (bicyclic) bond motifs is 1. The number of nitrogens with zero attached hydrogens (tertiary/aromatic N) is 2. The third-order valence-corrected chi connectivity index (χ3v) is 8.91. The fourth-order valence-electron chi connectivity index (χ4n) is 6.09. The Morgan fingerprint density at radius 3 is 2.23 bits per heavy atom. The largest absolute Gasteiger partial charge is 0.192 e. The minimum atomic E-state index is 0.519. The van der Waals surface area contributed by atoms with E-state index in [0.717, 1.165) is 40.1 Å². The van der Waals surface area contributed by atoms with Crippen molar-refractivity contribution in [2.45, 2.75) is 78.6 Å². The van der Waals surface area contributed by atoms with E-state index < -0.39 is 0 Å². The third kappa shape index (κ3) is 8.04. The molecule has 0 bridgehead atoms. The zero-order valence-electron chi connectivity index (χ0n) is 25.8. The number of nitriles is 2. The maximum absolute atomic E-state index is 9.03. The van der Waals surface area contributed by atoms with E-state index in [2.05, 4.69) is 75.0 Å². The van der Waals surface area contributed by atoms with Crippen molar-refractivity contribution in [3.63, 3.8) is 0 Å². The van der Waals surface area contributed by atoms with E-state index >= 15 is 0 Å². The molecule has 0 unspecified atom stereocenters. The summed E-state index contributed by atoms with van der Waals surface area (Å²) in [5.74, 6) is 0. The van der Waals surface area contributed by atoms with Crippen LogP contribution in [0.3, 0.4) is 0 Å². The molecule has 0 fully saturated rings. The van der Waals surface area contributed by atoms with Gasteiger partial charge in [0.15, 0.2) is 0 Å². The molecule has 1 aliphatic rings. The molecule has 5 rings (SSSR count). The van der Waals surface area contributed by atoms with Gasteiger partial charge in [-0.1, -0.05) is 86.5 Å². The van der Waals surface area contributed by atoms with E-state index in [9.17, 15) is 0 Å². The number of unbranched alkanes of at least 4 members (excludes halogenated alkanes) is 2. The van der Waals surface area contributed by atoms with Crippen molar-refractivity contribution in [1.29, 1.82) is 10.5 Å². The molecule has 218 valence electrons. The molecular weight excluding hydrogens is 544 g/mol. The van der Waals surface area contributed by atoms with Gasteiger partial charge in [-0.15, -0.1) is 0 Å². The molecule has 4 aromatic carbocycles. The summed E-state index contributed by atoms with van der Waals surface area (Å²) >= 11 is 6.14. The Morgan fingerprint density at radius 1 is 0.814 bits per heavy atom. The first kappa shape index (κ1) is 31.8. The second-order valence-corrected chi connectivity index (χ2v) is 11.9. The molecule has 0 atom stereocenters. The van der Waals surface area contributed by atoms with Crippen molar-refractivity contribution in [3.8, 4) is 23.3 Å². The molecule has 1 aliphatic carbocycles. The third-order valence-electron chi connectivity index (χ3n) is 8.51. The molecule has 0 heterocycles.